The van der Waals surface area contributed by atoms with Gasteiger partial charge in [0.1, 0.15) is 17.8 Å². The number of aryl methyl sites for hydroxylation is 1. The summed E-state index contributed by atoms with van der Waals surface area (Å²) in [6, 6.07) is 1.86. The molecule has 0 unspecified atom stereocenters. The van der Waals surface area contributed by atoms with Gasteiger partial charge >= 0.3 is 12.1 Å². The van der Waals surface area contributed by atoms with Crippen LogP contribution in [0.1, 0.15) is 24.7 Å². The van der Waals surface area contributed by atoms with Crippen molar-refractivity contribution in [1.29, 1.82) is 0 Å². The van der Waals surface area contributed by atoms with Crippen LogP contribution >= 0.6 is 0 Å². The highest BCUT2D eigenvalue weighted by molar-refractivity contribution is 6.10. The molecule has 3 N–H and O–H groups in total. The van der Waals surface area contributed by atoms with Crippen molar-refractivity contribution in [2.75, 3.05) is 6.54 Å². The second-order valence-corrected chi connectivity index (χ2v) is 6.29. The van der Waals surface area contributed by atoms with Gasteiger partial charge in [-0.3, -0.25) is 24.5 Å². The van der Waals surface area contributed by atoms with Crippen molar-refractivity contribution in [3.8, 4) is 0 Å². The number of imide groups is 2. The molecule has 1 aliphatic heterocycles. The van der Waals surface area contributed by atoms with Gasteiger partial charge in [0.15, 0.2) is 0 Å². The smallest absolute Gasteiger partial charge is 0.325 e. The van der Waals surface area contributed by atoms with Gasteiger partial charge in [-0.2, -0.15) is 5.10 Å². The number of amides is 6. The van der Waals surface area contributed by atoms with Crippen molar-refractivity contribution in [3.05, 3.63) is 42.1 Å². The zero-order valence-corrected chi connectivity index (χ0v) is 15.4. The maximum atomic E-state index is 12.9. The lowest BCUT2D eigenvalue weighted by Gasteiger charge is -2.23. The van der Waals surface area contributed by atoms with Crippen molar-refractivity contribution >= 4 is 23.9 Å². The van der Waals surface area contributed by atoms with Gasteiger partial charge in [-0.15, -0.1) is 0 Å². The number of nitrogens with one attached hydrogen (secondary N) is 3. The zero-order chi connectivity index (χ0) is 20.3. The Kier molecular flexibility index (Phi) is 5.16. The second kappa shape index (κ2) is 7.55. The lowest BCUT2D eigenvalue weighted by molar-refractivity contribution is -0.135. The fourth-order valence-electron chi connectivity index (χ4n) is 2.99. The van der Waals surface area contributed by atoms with Crippen molar-refractivity contribution in [2.24, 2.45) is 7.05 Å². The Morgan fingerprint density at radius 1 is 1.36 bits per heavy atom. The molecule has 0 aromatic carbocycles. The van der Waals surface area contributed by atoms with E-state index in [4.69, 9.17) is 4.42 Å². The Morgan fingerprint density at radius 2 is 2.14 bits per heavy atom. The quantitative estimate of drug-likeness (QED) is 0.604. The number of carbonyl (C=O) groups is 4. The van der Waals surface area contributed by atoms with Crippen molar-refractivity contribution in [2.45, 2.75) is 25.4 Å². The molecule has 1 aliphatic rings. The molecule has 0 spiro atoms. The topological polar surface area (TPSA) is 139 Å². The van der Waals surface area contributed by atoms with Gasteiger partial charge in [-0.1, -0.05) is 6.92 Å². The predicted molar refractivity (Wildman–Crippen MR) is 94.5 cm³/mol. The Hall–Kier alpha value is -3.63. The van der Waals surface area contributed by atoms with Gasteiger partial charge in [-0.05, 0) is 18.6 Å². The largest absolute Gasteiger partial charge is 0.467 e. The van der Waals surface area contributed by atoms with Gasteiger partial charge in [0.2, 0.25) is 5.91 Å². The third-order valence-electron chi connectivity index (χ3n) is 4.46. The van der Waals surface area contributed by atoms with E-state index < -0.39 is 36.0 Å². The molecule has 0 aliphatic carbocycles. The fourth-order valence-corrected chi connectivity index (χ4v) is 2.99. The second-order valence-electron chi connectivity index (χ2n) is 6.29. The summed E-state index contributed by atoms with van der Waals surface area (Å²) < 4.78 is 6.58. The van der Waals surface area contributed by atoms with Gasteiger partial charge in [0.05, 0.1) is 19.0 Å². The monoisotopic (exact) mass is 388 g/mol. The molecule has 3 heterocycles. The molecule has 0 bridgehead atoms. The molecule has 1 fully saturated rings. The van der Waals surface area contributed by atoms with Crippen molar-refractivity contribution in [3.63, 3.8) is 0 Å². The standard InChI is InChI=1S/C17H20N6O5/c1-3-17(11-7-19-22(2)9-11)14(25)23(16(27)21-17)10-13(24)20-15(26)18-8-12-5-4-6-28-12/h4-7,9H,3,8,10H2,1-2H3,(H,21,27)(H2,18,20,24,26)/t17-/m1/s1. The van der Waals surface area contributed by atoms with E-state index in [-0.39, 0.29) is 13.0 Å². The van der Waals surface area contributed by atoms with E-state index in [0.29, 0.717) is 11.3 Å². The molecule has 6 amide bonds. The third-order valence-corrected chi connectivity index (χ3v) is 4.46. The molecule has 2 aromatic heterocycles. The number of carbonyl (C=O) groups excluding carboxylic acids is 4. The molecule has 0 radical (unpaired) electrons. The van der Waals surface area contributed by atoms with Crippen LogP contribution in [0.3, 0.4) is 0 Å². The summed E-state index contributed by atoms with van der Waals surface area (Å²) in [5, 5.41) is 11.2. The molecule has 0 saturated carbocycles. The summed E-state index contributed by atoms with van der Waals surface area (Å²) >= 11 is 0. The van der Waals surface area contributed by atoms with E-state index in [1.165, 1.54) is 17.1 Å². The summed E-state index contributed by atoms with van der Waals surface area (Å²) in [5.74, 6) is -0.849. The minimum atomic E-state index is -1.28. The minimum Gasteiger partial charge on any atom is -0.467 e. The van der Waals surface area contributed by atoms with Crippen LogP contribution in [-0.4, -0.2) is 45.1 Å². The SMILES string of the molecule is CC[C@]1(c2cnn(C)c2)NC(=O)N(CC(=O)NC(=O)NCc2ccco2)C1=O. The highest BCUT2D eigenvalue weighted by atomic mass is 16.3. The molecular weight excluding hydrogens is 368 g/mol. The van der Waals surface area contributed by atoms with E-state index in [0.717, 1.165) is 4.90 Å². The number of aromatic nitrogens is 2. The summed E-state index contributed by atoms with van der Waals surface area (Å²) in [6.45, 7) is 1.26. The van der Waals surface area contributed by atoms with E-state index >= 15 is 0 Å². The number of hydrogen-bond donors (Lipinski definition) is 3. The number of urea groups is 2. The normalized spacial score (nSPS) is 18.9. The zero-order valence-electron chi connectivity index (χ0n) is 15.4. The predicted octanol–water partition coefficient (Wildman–Crippen LogP) is 0.196. The van der Waals surface area contributed by atoms with Crippen LogP contribution in [0.5, 0.6) is 0 Å². The van der Waals surface area contributed by atoms with E-state index in [2.05, 4.69) is 21.0 Å². The first kappa shape index (κ1) is 19.1. The first-order valence-corrected chi connectivity index (χ1v) is 8.59. The molecule has 3 rings (SSSR count). The van der Waals surface area contributed by atoms with Gasteiger partial charge in [-0.25, -0.2) is 9.59 Å². The number of hydrogen-bond acceptors (Lipinski definition) is 6. The fraction of sp³-hybridized carbons (Fsp3) is 0.353. The molecule has 11 heteroatoms. The average molecular weight is 388 g/mol. The Morgan fingerprint density at radius 3 is 2.75 bits per heavy atom. The Bertz CT molecular complexity index is 905. The van der Waals surface area contributed by atoms with Gasteiger partial charge < -0.3 is 15.1 Å². The lowest BCUT2D eigenvalue weighted by Crippen LogP contribution is -2.47. The average Bonchev–Trinajstić information content (AvgIpc) is 3.37. The molecule has 2 aromatic rings. The summed E-state index contributed by atoms with van der Waals surface area (Å²) in [7, 11) is 1.70. The van der Waals surface area contributed by atoms with Crippen LogP contribution in [0, 0.1) is 0 Å². The number of furan rings is 1. The summed E-state index contributed by atoms with van der Waals surface area (Å²) in [4.78, 5) is 49.9. The minimum absolute atomic E-state index is 0.0925. The Balaban J connectivity index is 1.62. The van der Waals surface area contributed by atoms with Gasteiger partial charge in [0.25, 0.3) is 5.91 Å². The van der Waals surface area contributed by atoms with Crippen molar-refractivity contribution < 1.29 is 23.6 Å². The van der Waals surface area contributed by atoms with Crippen LogP contribution in [0.25, 0.3) is 0 Å². The van der Waals surface area contributed by atoms with E-state index in [1.807, 2.05) is 0 Å². The molecule has 11 nitrogen and oxygen atoms in total. The number of nitrogens with zero attached hydrogens (tertiary/aromatic N) is 3. The van der Waals surface area contributed by atoms with Crippen LogP contribution in [-0.2, 0) is 28.7 Å². The molecule has 1 atom stereocenters. The maximum absolute atomic E-state index is 12.9. The molecule has 1 saturated heterocycles. The molecule has 28 heavy (non-hydrogen) atoms. The Labute approximate surface area is 160 Å². The lowest BCUT2D eigenvalue weighted by atomic mass is 9.89. The third kappa shape index (κ3) is 3.59. The number of rotatable bonds is 6. The van der Waals surface area contributed by atoms with Crippen LogP contribution in [0.4, 0.5) is 9.59 Å². The van der Waals surface area contributed by atoms with E-state index in [9.17, 15) is 19.2 Å². The molecular formula is C17H20N6O5. The van der Waals surface area contributed by atoms with Crippen molar-refractivity contribution in [1.82, 2.24) is 30.6 Å². The van der Waals surface area contributed by atoms with Gasteiger partial charge in [0, 0.05) is 18.8 Å². The van der Waals surface area contributed by atoms with Crippen LogP contribution in [0.15, 0.2) is 35.2 Å². The molecule has 148 valence electrons. The first-order chi connectivity index (χ1) is 13.4. The summed E-state index contributed by atoms with van der Waals surface area (Å²) in [5.41, 5.74) is -0.761. The highest BCUT2D eigenvalue weighted by Gasteiger charge is 2.52. The summed E-state index contributed by atoms with van der Waals surface area (Å²) in [6.07, 6.45) is 4.87. The van der Waals surface area contributed by atoms with Crippen LogP contribution < -0.4 is 16.0 Å². The highest BCUT2D eigenvalue weighted by Crippen LogP contribution is 2.31. The maximum Gasteiger partial charge on any atom is 0.325 e. The van der Waals surface area contributed by atoms with Crippen LogP contribution in [0.2, 0.25) is 0 Å². The van der Waals surface area contributed by atoms with E-state index in [1.54, 1.807) is 32.3 Å². The first-order valence-electron chi connectivity index (χ1n) is 8.59.